The normalized spacial score (nSPS) is 15.6. The molecule has 0 radical (unpaired) electrons. The smallest absolute Gasteiger partial charge is 0.333 e. The standard InChI is InChI=1S/C18H17Cl2NO5S/c1-25-18(24)10-16-21(15(22)11-27-16)7-2-8-26-17(23)6-4-12-3-5-13(19)14(20)9-12/h3-6,9-10H,2,7-8,11H2,1H3/b6-4+,16-10+. The van der Waals surface area contributed by atoms with E-state index in [1.807, 2.05) is 0 Å². The number of esters is 2. The van der Waals surface area contributed by atoms with Crippen LogP contribution in [0.2, 0.25) is 10.0 Å². The Morgan fingerprint density at radius 3 is 2.74 bits per heavy atom. The fourth-order valence-corrected chi connectivity index (χ4v) is 3.41. The Bertz CT molecular complexity index is 794. The number of thioether (sulfide) groups is 1. The fraction of sp³-hybridized carbons (Fsp3) is 0.278. The first-order valence-electron chi connectivity index (χ1n) is 7.93. The summed E-state index contributed by atoms with van der Waals surface area (Å²) in [5, 5.41) is 1.38. The van der Waals surface area contributed by atoms with Crippen LogP contribution in [0.5, 0.6) is 0 Å². The van der Waals surface area contributed by atoms with Crippen LogP contribution in [0.15, 0.2) is 35.4 Å². The second-order valence-corrected chi connectivity index (χ2v) is 7.18. The molecule has 27 heavy (non-hydrogen) atoms. The highest BCUT2D eigenvalue weighted by Crippen LogP contribution is 2.28. The number of hydrogen-bond donors (Lipinski definition) is 0. The quantitative estimate of drug-likeness (QED) is 0.375. The summed E-state index contributed by atoms with van der Waals surface area (Å²) in [4.78, 5) is 36.4. The van der Waals surface area contributed by atoms with Gasteiger partial charge in [-0.2, -0.15) is 0 Å². The van der Waals surface area contributed by atoms with Crippen LogP contribution in [0.25, 0.3) is 6.08 Å². The molecule has 1 saturated heterocycles. The van der Waals surface area contributed by atoms with Crippen molar-refractivity contribution in [1.29, 1.82) is 0 Å². The SMILES string of the molecule is COC(=O)/C=C1/SCC(=O)N1CCCOC(=O)/C=C/c1ccc(Cl)c(Cl)c1. The topological polar surface area (TPSA) is 72.9 Å². The van der Waals surface area contributed by atoms with Gasteiger partial charge in [-0.15, -0.1) is 0 Å². The maximum absolute atomic E-state index is 11.9. The lowest BCUT2D eigenvalue weighted by Gasteiger charge is -2.16. The molecule has 1 aromatic carbocycles. The zero-order valence-corrected chi connectivity index (χ0v) is 16.8. The van der Waals surface area contributed by atoms with Gasteiger partial charge in [0.1, 0.15) is 0 Å². The van der Waals surface area contributed by atoms with E-state index in [4.69, 9.17) is 27.9 Å². The van der Waals surface area contributed by atoms with Crippen molar-refractivity contribution in [3.05, 3.63) is 51.0 Å². The summed E-state index contributed by atoms with van der Waals surface area (Å²) in [6, 6.07) is 5.00. The Morgan fingerprint density at radius 1 is 1.26 bits per heavy atom. The second-order valence-electron chi connectivity index (χ2n) is 5.37. The first-order chi connectivity index (χ1) is 12.9. The molecule has 6 nitrogen and oxygen atoms in total. The van der Waals surface area contributed by atoms with Crippen molar-refractivity contribution >= 4 is 58.9 Å². The molecule has 0 spiro atoms. The van der Waals surface area contributed by atoms with Crippen LogP contribution >= 0.6 is 35.0 Å². The van der Waals surface area contributed by atoms with Crippen molar-refractivity contribution in [2.75, 3.05) is 26.0 Å². The van der Waals surface area contributed by atoms with Gasteiger partial charge in [0.2, 0.25) is 5.91 Å². The predicted octanol–water partition coefficient (Wildman–Crippen LogP) is 3.53. The van der Waals surface area contributed by atoms with Gasteiger partial charge in [-0.1, -0.05) is 41.0 Å². The van der Waals surface area contributed by atoms with Gasteiger partial charge in [0.25, 0.3) is 0 Å². The number of methoxy groups -OCH3 is 1. The monoisotopic (exact) mass is 429 g/mol. The minimum Gasteiger partial charge on any atom is -0.466 e. The Labute approximate surface area is 171 Å². The van der Waals surface area contributed by atoms with Gasteiger partial charge in [0.15, 0.2) is 0 Å². The van der Waals surface area contributed by atoms with Crippen LogP contribution in [0.4, 0.5) is 0 Å². The number of ether oxygens (including phenoxy) is 2. The number of carbonyl (C=O) groups is 3. The van der Waals surface area contributed by atoms with Crippen molar-refractivity contribution in [3.63, 3.8) is 0 Å². The molecule has 0 saturated carbocycles. The van der Waals surface area contributed by atoms with E-state index in [-0.39, 0.29) is 18.3 Å². The van der Waals surface area contributed by atoms with Crippen LogP contribution in [0.3, 0.4) is 0 Å². The van der Waals surface area contributed by atoms with Crippen molar-refractivity contribution in [3.8, 4) is 0 Å². The van der Waals surface area contributed by atoms with Crippen LogP contribution in [-0.2, 0) is 23.9 Å². The summed E-state index contributed by atoms with van der Waals surface area (Å²) in [5.41, 5.74) is 0.721. The molecule has 1 heterocycles. The summed E-state index contributed by atoms with van der Waals surface area (Å²) in [5.74, 6) is -0.847. The molecule has 144 valence electrons. The van der Waals surface area contributed by atoms with E-state index in [1.165, 1.54) is 35.9 Å². The largest absolute Gasteiger partial charge is 0.466 e. The maximum atomic E-state index is 11.9. The molecule has 0 bridgehead atoms. The fourth-order valence-electron chi connectivity index (χ4n) is 2.15. The van der Waals surface area contributed by atoms with Gasteiger partial charge in [-0.3, -0.25) is 4.79 Å². The number of rotatable bonds is 7. The molecular formula is C18H17Cl2NO5S. The zero-order chi connectivity index (χ0) is 19.8. The Kier molecular flexibility index (Phi) is 8.22. The van der Waals surface area contributed by atoms with Crippen LogP contribution in [0.1, 0.15) is 12.0 Å². The van der Waals surface area contributed by atoms with Gasteiger partial charge >= 0.3 is 11.9 Å². The molecule has 1 aliphatic rings. The van der Waals surface area contributed by atoms with E-state index in [9.17, 15) is 14.4 Å². The van der Waals surface area contributed by atoms with E-state index in [2.05, 4.69) is 4.74 Å². The lowest BCUT2D eigenvalue weighted by Crippen LogP contribution is -2.27. The molecule has 0 atom stereocenters. The highest BCUT2D eigenvalue weighted by Gasteiger charge is 2.26. The third kappa shape index (κ3) is 6.61. The van der Waals surface area contributed by atoms with E-state index < -0.39 is 11.9 Å². The Hall–Kier alpha value is -1.96. The highest BCUT2D eigenvalue weighted by atomic mass is 35.5. The Balaban J connectivity index is 1.78. The van der Waals surface area contributed by atoms with Crippen LogP contribution in [-0.4, -0.2) is 48.8 Å². The third-order valence-electron chi connectivity index (χ3n) is 3.48. The van der Waals surface area contributed by atoms with Gasteiger partial charge in [-0.05, 0) is 30.2 Å². The van der Waals surface area contributed by atoms with Gasteiger partial charge in [-0.25, -0.2) is 9.59 Å². The van der Waals surface area contributed by atoms with Crippen LogP contribution < -0.4 is 0 Å². The van der Waals surface area contributed by atoms with E-state index in [0.717, 1.165) is 5.56 Å². The molecule has 9 heteroatoms. The molecule has 0 N–H and O–H groups in total. The molecule has 0 unspecified atom stereocenters. The summed E-state index contributed by atoms with van der Waals surface area (Å²) in [6.07, 6.45) is 4.58. The summed E-state index contributed by atoms with van der Waals surface area (Å²) in [6.45, 7) is 0.489. The van der Waals surface area contributed by atoms with Crippen LogP contribution in [0, 0.1) is 0 Å². The van der Waals surface area contributed by atoms with Crippen molar-refractivity contribution < 1.29 is 23.9 Å². The molecule has 1 aliphatic heterocycles. The van der Waals surface area contributed by atoms with Crippen molar-refractivity contribution in [1.82, 2.24) is 4.90 Å². The first kappa shape index (κ1) is 21.3. The average Bonchev–Trinajstić information content (AvgIpc) is 2.99. The number of benzene rings is 1. The molecule has 1 aromatic rings. The predicted molar refractivity (Wildman–Crippen MR) is 105 cm³/mol. The molecule has 0 aliphatic carbocycles. The zero-order valence-electron chi connectivity index (χ0n) is 14.4. The summed E-state index contributed by atoms with van der Waals surface area (Å²) in [7, 11) is 1.27. The molecule has 2 rings (SSSR count). The number of amides is 1. The van der Waals surface area contributed by atoms with E-state index in [0.29, 0.717) is 28.0 Å². The number of hydrogen-bond acceptors (Lipinski definition) is 6. The third-order valence-corrected chi connectivity index (χ3v) is 5.24. The lowest BCUT2D eigenvalue weighted by atomic mass is 10.2. The van der Waals surface area contributed by atoms with E-state index >= 15 is 0 Å². The lowest BCUT2D eigenvalue weighted by molar-refractivity contribution is -0.138. The minimum absolute atomic E-state index is 0.0963. The summed E-state index contributed by atoms with van der Waals surface area (Å²) < 4.78 is 9.68. The summed E-state index contributed by atoms with van der Waals surface area (Å²) >= 11 is 13.0. The minimum atomic E-state index is -0.518. The number of nitrogens with zero attached hydrogens (tertiary/aromatic N) is 1. The molecule has 1 fully saturated rings. The number of halogens is 2. The van der Waals surface area contributed by atoms with E-state index in [1.54, 1.807) is 24.3 Å². The van der Waals surface area contributed by atoms with Crippen molar-refractivity contribution in [2.24, 2.45) is 0 Å². The molecule has 1 amide bonds. The highest BCUT2D eigenvalue weighted by molar-refractivity contribution is 8.04. The first-order valence-corrected chi connectivity index (χ1v) is 9.67. The Morgan fingerprint density at radius 2 is 2.04 bits per heavy atom. The molecular weight excluding hydrogens is 413 g/mol. The van der Waals surface area contributed by atoms with Gasteiger partial charge < -0.3 is 14.4 Å². The number of carbonyl (C=O) groups excluding carboxylic acids is 3. The van der Waals surface area contributed by atoms with Gasteiger partial charge in [0, 0.05) is 12.6 Å². The average molecular weight is 430 g/mol. The van der Waals surface area contributed by atoms with Crippen molar-refractivity contribution in [2.45, 2.75) is 6.42 Å². The molecule has 0 aromatic heterocycles. The van der Waals surface area contributed by atoms with Gasteiger partial charge in [0.05, 0.1) is 40.6 Å². The second kappa shape index (κ2) is 10.4. The maximum Gasteiger partial charge on any atom is 0.333 e.